The molecule has 2 heterocycles. The molecule has 0 aliphatic rings. The fourth-order valence-electron chi connectivity index (χ4n) is 3.81. The number of nitrogens with zero attached hydrogens (tertiary/aromatic N) is 3. The van der Waals surface area contributed by atoms with E-state index < -0.39 is 5.91 Å². The first-order chi connectivity index (χ1) is 17.4. The number of aryl methyl sites for hydroxylation is 3. The maximum absolute atomic E-state index is 12.7. The van der Waals surface area contributed by atoms with E-state index in [1.54, 1.807) is 16.9 Å². The van der Waals surface area contributed by atoms with Crippen molar-refractivity contribution in [2.75, 3.05) is 5.32 Å². The third-order valence-corrected chi connectivity index (χ3v) is 6.27. The molecule has 5 aromatic rings. The second kappa shape index (κ2) is 9.75. The van der Waals surface area contributed by atoms with Crippen LogP contribution in [0, 0.1) is 13.8 Å². The van der Waals surface area contributed by atoms with Crippen molar-refractivity contribution in [3.63, 3.8) is 0 Å². The minimum Gasteiger partial charge on any atom is -0.451 e. The average molecular weight is 496 g/mol. The van der Waals surface area contributed by atoms with E-state index in [-0.39, 0.29) is 10.9 Å². The van der Waals surface area contributed by atoms with Gasteiger partial charge in [0.15, 0.2) is 10.9 Å². The van der Waals surface area contributed by atoms with Gasteiger partial charge in [-0.25, -0.2) is 0 Å². The molecule has 0 spiro atoms. The SMILES string of the molecule is CCc1ccc(-n2nc3ccc(NC(=S)NC(=O)c4ccc(-c5ccc(C)c(C)c5)o4)cc3n2)cc1. The standard InChI is InChI=1S/C28H25N5O2S/c1-4-19-6-10-22(11-7-19)33-31-23-12-9-21(16-24(23)32-33)29-28(36)30-27(34)26-14-13-25(35-26)20-8-5-17(2)18(3)15-20/h5-16H,4H2,1-3H3,(H2,29,30,34,36). The van der Waals surface area contributed by atoms with Crippen molar-refractivity contribution < 1.29 is 9.21 Å². The number of fused-ring (bicyclic) bond motifs is 1. The largest absolute Gasteiger partial charge is 0.451 e. The monoisotopic (exact) mass is 495 g/mol. The second-order valence-electron chi connectivity index (χ2n) is 8.58. The number of hydrogen-bond donors (Lipinski definition) is 2. The molecule has 5 rings (SSSR count). The Morgan fingerprint density at radius 1 is 0.917 bits per heavy atom. The van der Waals surface area contributed by atoms with Gasteiger partial charge in [-0.1, -0.05) is 31.2 Å². The number of rotatable bonds is 5. The molecule has 8 heteroatoms. The van der Waals surface area contributed by atoms with Crippen LogP contribution in [0.4, 0.5) is 5.69 Å². The van der Waals surface area contributed by atoms with Crippen molar-refractivity contribution in [1.29, 1.82) is 0 Å². The summed E-state index contributed by atoms with van der Waals surface area (Å²) in [6.07, 6.45) is 0.980. The molecule has 0 saturated carbocycles. The average Bonchev–Trinajstić information content (AvgIpc) is 3.53. The van der Waals surface area contributed by atoms with E-state index in [2.05, 4.69) is 46.8 Å². The number of carbonyl (C=O) groups excluding carboxylic acids is 1. The summed E-state index contributed by atoms with van der Waals surface area (Å²) < 4.78 is 5.77. The van der Waals surface area contributed by atoms with Crippen LogP contribution in [-0.4, -0.2) is 26.0 Å². The van der Waals surface area contributed by atoms with Gasteiger partial charge in [-0.05, 0) is 97.7 Å². The van der Waals surface area contributed by atoms with Gasteiger partial charge in [0.05, 0.1) is 5.69 Å². The predicted octanol–water partition coefficient (Wildman–Crippen LogP) is 5.99. The van der Waals surface area contributed by atoms with Crippen molar-refractivity contribution in [3.8, 4) is 17.0 Å². The van der Waals surface area contributed by atoms with Crippen molar-refractivity contribution in [3.05, 3.63) is 95.2 Å². The Balaban J connectivity index is 1.25. The van der Waals surface area contributed by atoms with Crippen LogP contribution in [0.25, 0.3) is 28.0 Å². The molecule has 0 unspecified atom stereocenters. The van der Waals surface area contributed by atoms with Gasteiger partial charge in [0.1, 0.15) is 16.8 Å². The zero-order valence-electron chi connectivity index (χ0n) is 20.2. The molecule has 0 radical (unpaired) electrons. The van der Waals surface area contributed by atoms with E-state index in [4.69, 9.17) is 16.6 Å². The molecule has 0 atom stereocenters. The van der Waals surface area contributed by atoms with Gasteiger partial charge in [0.2, 0.25) is 0 Å². The molecule has 0 saturated heterocycles. The van der Waals surface area contributed by atoms with Crippen LogP contribution < -0.4 is 10.6 Å². The Hall–Kier alpha value is -4.30. The van der Waals surface area contributed by atoms with Crippen LogP contribution in [0.15, 0.2) is 77.2 Å². The highest BCUT2D eigenvalue weighted by molar-refractivity contribution is 7.80. The minimum absolute atomic E-state index is 0.158. The summed E-state index contributed by atoms with van der Waals surface area (Å²) >= 11 is 5.35. The Bertz CT molecular complexity index is 1580. The smallest absolute Gasteiger partial charge is 0.293 e. The van der Waals surface area contributed by atoms with Gasteiger partial charge >= 0.3 is 0 Å². The topological polar surface area (TPSA) is 85.0 Å². The molecule has 180 valence electrons. The van der Waals surface area contributed by atoms with Crippen molar-refractivity contribution in [1.82, 2.24) is 20.3 Å². The molecule has 3 aromatic carbocycles. The molecule has 2 N–H and O–H groups in total. The maximum Gasteiger partial charge on any atom is 0.293 e. The lowest BCUT2D eigenvalue weighted by atomic mass is 10.1. The first-order valence-corrected chi connectivity index (χ1v) is 12.1. The van der Waals surface area contributed by atoms with Crippen LogP contribution in [-0.2, 0) is 6.42 Å². The first-order valence-electron chi connectivity index (χ1n) is 11.7. The van der Waals surface area contributed by atoms with Crippen LogP contribution in [0.5, 0.6) is 0 Å². The molecule has 2 aromatic heterocycles. The van der Waals surface area contributed by atoms with Gasteiger partial charge in [0.25, 0.3) is 5.91 Å². The van der Waals surface area contributed by atoms with E-state index in [1.807, 2.05) is 55.5 Å². The number of hydrogen-bond acceptors (Lipinski definition) is 5. The summed E-state index contributed by atoms with van der Waals surface area (Å²) in [5.41, 5.74) is 7.57. The van der Waals surface area contributed by atoms with E-state index in [9.17, 15) is 4.79 Å². The Morgan fingerprint density at radius 2 is 1.69 bits per heavy atom. The summed E-state index contributed by atoms with van der Waals surface area (Å²) in [4.78, 5) is 14.3. The lowest BCUT2D eigenvalue weighted by Crippen LogP contribution is -2.33. The number of furan rings is 1. The minimum atomic E-state index is -0.426. The highest BCUT2D eigenvalue weighted by Gasteiger charge is 2.15. The van der Waals surface area contributed by atoms with Gasteiger partial charge < -0.3 is 9.73 Å². The van der Waals surface area contributed by atoms with Crippen LogP contribution in [0.3, 0.4) is 0 Å². The number of carbonyl (C=O) groups is 1. The highest BCUT2D eigenvalue weighted by atomic mass is 32.1. The molecule has 0 aliphatic carbocycles. The normalized spacial score (nSPS) is 11.0. The van der Waals surface area contributed by atoms with E-state index in [0.717, 1.165) is 28.8 Å². The number of anilines is 1. The maximum atomic E-state index is 12.7. The summed E-state index contributed by atoms with van der Waals surface area (Å²) in [7, 11) is 0. The third-order valence-electron chi connectivity index (χ3n) is 6.06. The van der Waals surface area contributed by atoms with E-state index >= 15 is 0 Å². The fraction of sp³-hybridized carbons (Fsp3) is 0.143. The Morgan fingerprint density at radius 3 is 2.44 bits per heavy atom. The van der Waals surface area contributed by atoms with E-state index in [1.165, 1.54) is 11.1 Å². The predicted molar refractivity (Wildman–Crippen MR) is 146 cm³/mol. The Kier molecular flexibility index (Phi) is 6.35. The molecule has 0 bridgehead atoms. The third kappa shape index (κ3) is 4.89. The molecular weight excluding hydrogens is 470 g/mol. The van der Waals surface area contributed by atoms with Crippen molar-refractivity contribution in [2.24, 2.45) is 0 Å². The number of aromatic nitrogens is 3. The zero-order chi connectivity index (χ0) is 25.2. The van der Waals surface area contributed by atoms with E-state index in [0.29, 0.717) is 17.0 Å². The summed E-state index contributed by atoms with van der Waals surface area (Å²) in [6, 6.07) is 23.1. The van der Waals surface area contributed by atoms with Crippen LogP contribution >= 0.6 is 12.2 Å². The van der Waals surface area contributed by atoms with Gasteiger partial charge in [-0.3, -0.25) is 10.1 Å². The summed E-state index contributed by atoms with van der Waals surface area (Å²) in [5, 5.41) is 15.0. The Labute approximate surface area is 214 Å². The van der Waals surface area contributed by atoms with Crippen LogP contribution in [0.2, 0.25) is 0 Å². The number of benzene rings is 3. The lowest BCUT2D eigenvalue weighted by Gasteiger charge is -2.08. The van der Waals surface area contributed by atoms with Crippen molar-refractivity contribution >= 4 is 40.0 Å². The summed E-state index contributed by atoms with van der Waals surface area (Å²) in [6.45, 7) is 6.22. The molecule has 0 fully saturated rings. The summed E-state index contributed by atoms with van der Waals surface area (Å²) in [5.74, 6) is 0.380. The van der Waals surface area contributed by atoms with Gasteiger partial charge in [0, 0.05) is 11.3 Å². The molecular formula is C28H25N5O2S. The zero-order valence-corrected chi connectivity index (χ0v) is 21.0. The van der Waals surface area contributed by atoms with Crippen molar-refractivity contribution in [2.45, 2.75) is 27.2 Å². The second-order valence-corrected chi connectivity index (χ2v) is 8.99. The molecule has 36 heavy (non-hydrogen) atoms. The van der Waals surface area contributed by atoms with Crippen LogP contribution in [0.1, 0.15) is 34.2 Å². The number of nitrogens with one attached hydrogen (secondary N) is 2. The number of amides is 1. The molecule has 7 nitrogen and oxygen atoms in total. The quantitative estimate of drug-likeness (QED) is 0.292. The lowest BCUT2D eigenvalue weighted by molar-refractivity contribution is 0.0951. The van der Waals surface area contributed by atoms with Gasteiger partial charge in [-0.2, -0.15) is 4.80 Å². The molecule has 1 amide bonds. The fourth-order valence-corrected chi connectivity index (χ4v) is 4.02. The van der Waals surface area contributed by atoms with Gasteiger partial charge in [-0.15, -0.1) is 10.2 Å². The molecule has 0 aliphatic heterocycles. The number of thiocarbonyl (C=S) groups is 1. The first kappa shape index (κ1) is 23.4. The highest BCUT2D eigenvalue weighted by Crippen LogP contribution is 2.24.